The third-order valence-electron chi connectivity index (χ3n) is 4.98. The minimum Gasteiger partial charge on any atom is -0.312 e. The molecule has 0 bridgehead atoms. The van der Waals surface area contributed by atoms with Crippen molar-refractivity contribution in [3.05, 3.63) is 65.6 Å². The van der Waals surface area contributed by atoms with Crippen LogP contribution in [0.2, 0.25) is 0 Å². The van der Waals surface area contributed by atoms with E-state index in [9.17, 15) is 0 Å². The molecule has 1 N–H and O–H groups in total. The van der Waals surface area contributed by atoms with Crippen molar-refractivity contribution >= 4 is 5.65 Å². The van der Waals surface area contributed by atoms with Gasteiger partial charge in [-0.25, -0.2) is 9.50 Å². The van der Waals surface area contributed by atoms with Crippen LogP contribution in [0.1, 0.15) is 36.1 Å². The van der Waals surface area contributed by atoms with Crippen molar-refractivity contribution in [2.24, 2.45) is 0 Å². The minimum absolute atomic E-state index is 0.321. The lowest BCUT2D eigenvalue weighted by atomic mass is 9.64. The number of hydrogen-bond acceptors (Lipinski definition) is 3. The Morgan fingerprint density at radius 3 is 2.78 bits per heavy atom. The first-order valence-electron chi connectivity index (χ1n) is 8.32. The quantitative estimate of drug-likeness (QED) is 0.787. The van der Waals surface area contributed by atoms with Gasteiger partial charge in [0.2, 0.25) is 0 Å². The molecule has 1 aromatic carbocycles. The van der Waals surface area contributed by atoms with Crippen molar-refractivity contribution in [2.45, 2.75) is 38.1 Å². The zero-order valence-corrected chi connectivity index (χ0v) is 13.5. The minimum atomic E-state index is 0.321. The predicted octanol–water partition coefficient (Wildman–Crippen LogP) is 3.25. The van der Waals surface area contributed by atoms with Gasteiger partial charge in [0, 0.05) is 42.5 Å². The van der Waals surface area contributed by atoms with Crippen LogP contribution in [0.4, 0.5) is 0 Å². The van der Waals surface area contributed by atoms with E-state index < -0.39 is 0 Å². The summed E-state index contributed by atoms with van der Waals surface area (Å²) in [5, 5.41) is 8.07. The summed E-state index contributed by atoms with van der Waals surface area (Å²) in [7, 11) is 0. The monoisotopic (exact) mass is 306 g/mol. The van der Waals surface area contributed by atoms with Crippen LogP contribution in [-0.2, 0) is 12.0 Å². The van der Waals surface area contributed by atoms with Gasteiger partial charge in [-0.3, -0.25) is 0 Å². The third-order valence-corrected chi connectivity index (χ3v) is 4.98. The van der Waals surface area contributed by atoms with Crippen molar-refractivity contribution in [3.8, 4) is 0 Å². The van der Waals surface area contributed by atoms with Crippen LogP contribution in [0.15, 0.2) is 48.8 Å². The number of aromatic nitrogens is 3. The average Bonchev–Trinajstić information content (AvgIpc) is 2.90. The fraction of sp³-hybridized carbons (Fsp3) is 0.368. The van der Waals surface area contributed by atoms with E-state index in [0.29, 0.717) is 5.41 Å². The Morgan fingerprint density at radius 1 is 1.22 bits per heavy atom. The highest BCUT2D eigenvalue weighted by Gasteiger charge is 2.37. The van der Waals surface area contributed by atoms with Crippen LogP contribution >= 0.6 is 0 Å². The van der Waals surface area contributed by atoms with Gasteiger partial charge in [0.1, 0.15) is 0 Å². The van der Waals surface area contributed by atoms with Gasteiger partial charge in [-0.05, 0) is 25.3 Å². The number of benzene rings is 1. The summed E-state index contributed by atoms with van der Waals surface area (Å²) in [5.74, 6) is 0. The standard InChI is InChI=1S/C19H22N4/c1-15-10-18-21-12-16(13-23(18)22-15)11-20-14-19(8-5-9-19)17-6-3-2-4-7-17/h2-4,6-7,10,12-13,20H,5,8-9,11,14H2,1H3. The molecule has 2 heterocycles. The van der Waals surface area contributed by atoms with Crippen molar-refractivity contribution in [3.63, 3.8) is 0 Å². The second-order valence-electron chi connectivity index (χ2n) is 6.65. The molecule has 3 aromatic rings. The molecule has 1 saturated carbocycles. The zero-order valence-electron chi connectivity index (χ0n) is 13.5. The molecule has 0 unspecified atom stereocenters. The van der Waals surface area contributed by atoms with Gasteiger partial charge in [0.25, 0.3) is 0 Å². The van der Waals surface area contributed by atoms with E-state index >= 15 is 0 Å². The maximum Gasteiger partial charge on any atom is 0.155 e. The third kappa shape index (κ3) is 2.75. The lowest BCUT2D eigenvalue weighted by molar-refractivity contribution is 0.233. The highest BCUT2D eigenvalue weighted by atomic mass is 15.2. The molecule has 0 radical (unpaired) electrons. The maximum atomic E-state index is 4.47. The number of aryl methyl sites for hydroxylation is 1. The molecule has 1 aliphatic carbocycles. The summed E-state index contributed by atoms with van der Waals surface area (Å²) in [6.45, 7) is 3.84. The fourth-order valence-electron chi connectivity index (χ4n) is 3.53. The SMILES string of the molecule is Cc1cc2ncc(CNCC3(c4ccccc4)CCC3)cn2n1. The summed E-state index contributed by atoms with van der Waals surface area (Å²) < 4.78 is 1.86. The summed E-state index contributed by atoms with van der Waals surface area (Å²) in [4.78, 5) is 4.47. The van der Waals surface area contributed by atoms with Crippen molar-refractivity contribution in [1.82, 2.24) is 19.9 Å². The Hall–Kier alpha value is -2.20. The zero-order chi connectivity index (χ0) is 15.7. The normalized spacial score (nSPS) is 16.4. The summed E-state index contributed by atoms with van der Waals surface area (Å²) in [5.41, 5.74) is 4.87. The van der Waals surface area contributed by atoms with Gasteiger partial charge >= 0.3 is 0 Å². The highest BCUT2D eigenvalue weighted by Crippen LogP contribution is 2.43. The Labute approximate surface area is 136 Å². The molecule has 23 heavy (non-hydrogen) atoms. The molecule has 0 atom stereocenters. The number of nitrogens with one attached hydrogen (secondary N) is 1. The fourth-order valence-corrected chi connectivity index (χ4v) is 3.53. The Bertz CT molecular complexity index is 803. The first-order chi connectivity index (χ1) is 11.3. The second kappa shape index (κ2) is 5.78. The number of rotatable bonds is 5. The second-order valence-corrected chi connectivity index (χ2v) is 6.65. The van der Waals surface area contributed by atoms with Crippen LogP contribution in [0.25, 0.3) is 5.65 Å². The molecule has 4 nitrogen and oxygen atoms in total. The summed E-state index contributed by atoms with van der Waals surface area (Å²) in [6.07, 6.45) is 7.90. The molecule has 0 amide bonds. The Kier molecular flexibility index (Phi) is 3.62. The van der Waals surface area contributed by atoms with Gasteiger partial charge in [0.15, 0.2) is 5.65 Å². The summed E-state index contributed by atoms with van der Waals surface area (Å²) in [6, 6.07) is 12.9. The molecule has 0 aliphatic heterocycles. The van der Waals surface area contributed by atoms with E-state index in [1.165, 1.54) is 30.4 Å². The molecule has 0 spiro atoms. The van der Waals surface area contributed by atoms with Crippen molar-refractivity contribution in [2.75, 3.05) is 6.54 Å². The van der Waals surface area contributed by atoms with Crippen LogP contribution in [0, 0.1) is 6.92 Å². The molecule has 1 fully saturated rings. The molecule has 2 aromatic heterocycles. The van der Waals surface area contributed by atoms with Gasteiger partial charge in [0.05, 0.1) is 5.69 Å². The van der Waals surface area contributed by atoms with Gasteiger partial charge < -0.3 is 5.32 Å². The highest BCUT2D eigenvalue weighted by molar-refractivity contribution is 5.39. The van der Waals surface area contributed by atoms with Crippen LogP contribution < -0.4 is 5.32 Å². The summed E-state index contributed by atoms with van der Waals surface area (Å²) >= 11 is 0. The molecule has 118 valence electrons. The first kappa shape index (κ1) is 14.4. The molecule has 0 saturated heterocycles. The smallest absolute Gasteiger partial charge is 0.155 e. The molecule has 4 heteroatoms. The topological polar surface area (TPSA) is 42.2 Å². The van der Waals surface area contributed by atoms with Crippen molar-refractivity contribution in [1.29, 1.82) is 0 Å². The largest absolute Gasteiger partial charge is 0.312 e. The lowest BCUT2D eigenvalue weighted by Gasteiger charge is -2.43. The Balaban J connectivity index is 1.44. The van der Waals surface area contributed by atoms with E-state index in [1.807, 2.05) is 23.7 Å². The van der Waals surface area contributed by atoms with Crippen LogP contribution in [0.3, 0.4) is 0 Å². The van der Waals surface area contributed by atoms with Gasteiger partial charge in [-0.15, -0.1) is 0 Å². The number of fused-ring (bicyclic) bond motifs is 1. The number of hydrogen-bond donors (Lipinski definition) is 1. The van der Waals surface area contributed by atoms with E-state index in [2.05, 4.69) is 51.9 Å². The molecular formula is C19H22N4. The maximum absolute atomic E-state index is 4.47. The first-order valence-corrected chi connectivity index (χ1v) is 8.32. The van der Waals surface area contributed by atoms with E-state index in [-0.39, 0.29) is 0 Å². The van der Waals surface area contributed by atoms with Crippen molar-refractivity contribution < 1.29 is 0 Å². The van der Waals surface area contributed by atoms with Crippen LogP contribution in [-0.4, -0.2) is 21.1 Å². The Morgan fingerprint density at radius 2 is 2.04 bits per heavy atom. The van der Waals surface area contributed by atoms with E-state index in [1.54, 1.807) is 0 Å². The van der Waals surface area contributed by atoms with Gasteiger partial charge in [-0.1, -0.05) is 36.8 Å². The molecule has 1 aliphatic rings. The van der Waals surface area contributed by atoms with E-state index in [0.717, 1.165) is 24.4 Å². The van der Waals surface area contributed by atoms with E-state index in [4.69, 9.17) is 0 Å². The molecule has 4 rings (SSSR count). The van der Waals surface area contributed by atoms with Gasteiger partial charge in [-0.2, -0.15) is 5.10 Å². The number of nitrogens with zero attached hydrogens (tertiary/aromatic N) is 3. The van der Waals surface area contributed by atoms with Crippen LogP contribution in [0.5, 0.6) is 0 Å². The average molecular weight is 306 g/mol. The molecular weight excluding hydrogens is 284 g/mol. The lowest BCUT2D eigenvalue weighted by Crippen LogP contribution is -2.43. The predicted molar refractivity (Wildman–Crippen MR) is 91.4 cm³/mol.